The fourth-order valence-corrected chi connectivity index (χ4v) is 3.64. The Labute approximate surface area is 158 Å². The number of aliphatic hydroxyl groups excluding tert-OH is 1. The van der Waals surface area contributed by atoms with Gasteiger partial charge < -0.3 is 15.3 Å². The van der Waals surface area contributed by atoms with Crippen LogP contribution in [0.25, 0.3) is 0 Å². The zero-order valence-corrected chi connectivity index (χ0v) is 15.4. The Kier molecular flexibility index (Phi) is 5.81. The predicted octanol–water partition coefficient (Wildman–Crippen LogP) is 1.57. The maximum atomic E-state index is 11.9. The maximum Gasteiger partial charge on any atom is 0.317 e. The van der Waals surface area contributed by atoms with Gasteiger partial charge in [0.25, 0.3) is 0 Å². The molecule has 142 valence electrons. The Morgan fingerprint density at radius 3 is 2.33 bits per heavy atom. The number of piperidine rings is 1. The van der Waals surface area contributed by atoms with Gasteiger partial charge in [0.1, 0.15) is 12.4 Å². The van der Waals surface area contributed by atoms with E-state index in [4.69, 9.17) is 5.11 Å². The molecule has 7 nitrogen and oxygen atoms in total. The third kappa shape index (κ3) is 4.14. The van der Waals surface area contributed by atoms with Crippen LogP contribution in [0.3, 0.4) is 0 Å². The lowest BCUT2D eigenvalue weighted by atomic mass is 9.70. The molecule has 3 rings (SSSR count). The van der Waals surface area contributed by atoms with Crippen molar-refractivity contribution in [2.24, 2.45) is 0 Å². The van der Waals surface area contributed by atoms with Gasteiger partial charge in [0.05, 0.1) is 5.56 Å². The summed E-state index contributed by atoms with van der Waals surface area (Å²) in [5, 5.41) is 11.6. The fraction of sp³-hybridized carbons (Fsp3) is 0.400. The normalized spacial score (nSPS) is 16.0. The number of likely N-dealkylation sites (tertiary alicyclic amines) is 1. The number of amides is 2. The van der Waals surface area contributed by atoms with E-state index < -0.39 is 12.4 Å². The highest BCUT2D eigenvalue weighted by atomic mass is 16.3. The summed E-state index contributed by atoms with van der Waals surface area (Å²) >= 11 is 0. The number of aliphatic hydroxyl groups is 1. The van der Waals surface area contributed by atoms with Crippen molar-refractivity contribution in [3.8, 4) is 0 Å². The lowest BCUT2D eigenvalue weighted by Gasteiger charge is -2.42. The Morgan fingerprint density at radius 2 is 1.78 bits per heavy atom. The van der Waals surface area contributed by atoms with Crippen molar-refractivity contribution in [1.29, 1.82) is 0 Å². The zero-order valence-electron chi connectivity index (χ0n) is 15.4. The van der Waals surface area contributed by atoms with Gasteiger partial charge >= 0.3 is 6.03 Å². The summed E-state index contributed by atoms with van der Waals surface area (Å²) in [4.78, 5) is 34.0. The van der Waals surface area contributed by atoms with Crippen LogP contribution in [0, 0.1) is 0 Å². The number of ketones is 1. The molecule has 1 fully saturated rings. The van der Waals surface area contributed by atoms with E-state index in [9.17, 15) is 9.59 Å². The van der Waals surface area contributed by atoms with Gasteiger partial charge in [0.2, 0.25) is 0 Å². The lowest BCUT2D eigenvalue weighted by molar-refractivity contribution is 0.0903. The second-order valence-corrected chi connectivity index (χ2v) is 6.83. The van der Waals surface area contributed by atoms with Crippen LogP contribution in [0.15, 0.2) is 42.7 Å². The number of rotatable bonds is 5. The molecule has 1 aromatic carbocycles. The number of aromatic nitrogens is 2. The molecule has 0 spiro atoms. The van der Waals surface area contributed by atoms with E-state index in [-0.39, 0.29) is 11.4 Å². The Hall–Kier alpha value is -2.80. The molecule has 0 bridgehead atoms. The Bertz CT molecular complexity index is 785. The number of nitrogens with one attached hydrogen (secondary N) is 1. The summed E-state index contributed by atoms with van der Waals surface area (Å²) in [6, 6.07) is 10.2. The van der Waals surface area contributed by atoms with Gasteiger partial charge in [-0.05, 0) is 18.4 Å². The third-order valence-corrected chi connectivity index (χ3v) is 5.28. The molecule has 1 aliphatic heterocycles. The van der Waals surface area contributed by atoms with Crippen molar-refractivity contribution in [3.63, 3.8) is 0 Å². The molecule has 0 radical (unpaired) electrons. The molecular weight excluding hydrogens is 344 g/mol. The highest BCUT2D eigenvalue weighted by molar-refractivity contribution is 5.96. The SMILES string of the molecule is CNC(=O)N1CCC(Cc2ncc(C(=O)CO)cn2)(c2ccccc2)CC1. The van der Waals surface area contributed by atoms with Crippen molar-refractivity contribution in [3.05, 3.63) is 59.7 Å². The molecule has 2 amide bonds. The minimum atomic E-state index is -0.550. The molecule has 1 aromatic heterocycles. The molecule has 2 aromatic rings. The van der Waals surface area contributed by atoms with Crippen molar-refractivity contribution < 1.29 is 14.7 Å². The summed E-state index contributed by atoms with van der Waals surface area (Å²) in [7, 11) is 1.64. The van der Waals surface area contributed by atoms with Gasteiger partial charge in [-0.1, -0.05) is 30.3 Å². The smallest absolute Gasteiger partial charge is 0.317 e. The number of hydrogen-bond donors (Lipinski definition) is 2. The molecule has 2 N–H and O–H groups in total. The number of nitrogens with zero attached hydrogens (tertiary/aromatic N) is 3. The van der Waals surface area contributed by atoms with Gasteiger partial charge in [-0.2, -0.15) is 0 Å². The third-order valence-electron chi connectivity index (χ3n) is 5.28. The average molecular weight is 368 g/mol. The number of Topliss-reactive ketones (excluding diaryl/α,β-unsaturated/α-hetero) is 1. The molecule has 27 heavy (non-hydrogen) atoms. The first-order valence-corrected chi connectivity index (χ1v) is 9.05. The standard InChI is InChI=1S/C20H24N4O3/c1-21-19(27)24-9-7-20(8-10-24,16-5-3-2-4-6-16)11-18-22-12-15(13-23-18)17(26)14-25/h2-6,12-13,25H,7-11,14H2,1H3,(H,21,27). The van der Waals surface area contributed by atoms with Crippen LogP contribution in [0.5, 0.6) is 0 Å². The summed E-state index contributed by atoms with van der Waals surface area (Å²) < 4.78 is 0. The lowest BCUT2D eigenvalue weighted by Crippen LogP contribution is -2.49. The van der Waals surface area contributed by atoms with Crippen LogP contribution in [0.1, 0.15) is 34.6 Å². The van der Waals surface area contributed by atoms with Gasteiger partial charge in [-0.25, -0.2) is 14.8 Å². The average Bonchev–Trinajstić information content (AvgIpc) is 2.74. The minimum Gasteiger partial charge on any atom is -0.388 e. The molecule has 2 heterocycles. The van der Waals surface area contributed by atoms with Gasteiger partial charge in [-0.15, -0.1) is 0 Å². The topological polar surface area (TPSA) is 95.4 Å². The number of urea groups is 1. The Morgan fingerprint density at radius 1 is 1.15 bits per heavy atom. The monoisotopic (exact) mass is 368 g/mol. The van der Waals surface area contributed by atoms with Crippen molar-refractivity contribution in [2.75, 3.05) is 26.7 Å². The van der Waals surface area contributed by atoms with E-state index >= 15 is 0 Å². The maximum absolute atomic E-state index is 11.9. The fourth-order valence-electron chi connectivity index (χ4n) is 3.64. The van der Waals surface area contributed by atoms with Crippen molar-refractivity contribution >= 4 is 11.8 Å². The van der Waals surface area contributed by atoms with Crippen molar-refractivity contribution in [1.82, 2.24) is 20.2 Å². The second kappa shape index (κ2) is 8.26. The van der Waals surface area contributed by atoms with E-state index in [1.54, 1.807) is 7.05 Å². The van der Waals surface area contributed by atoms with Crippen LogP contribution in [-0.2, 0) is 11.8 Å². The van der Waals surface area contributed by atoms with E-state index in [1.807, 2.05) is 23.1 Å². The van der Waals surface area contributed by atoms with Crippen molar-refractivity contribution in [2.45, 2.75) is 24.7 Å². The first-order valence-electron chi connectivity index (χ1n) is 9.05. The summed E-state index contributed by atoms with van der Waals surface area (Å²) in [6.07, 6.45) is 5.20. The molecule has 1 saturated heterocycles. The van der Waals surface area contributed by atoms with Crippen LogP contribution >= 0.6 is 0 Å². The van der Waals surface area contributed by atoms with E-state index in [0.717, 1.165) is 12.8 Å². The number of carbonyl (C=O) groups is 2. The number of hydrogen-bond acceptors (Lipinski definition) is 5. The van der Waals surface area contributed by atoms with Crippen LogP contribution in [0.2, 0.25) is 0 Å². The number of carbonyl (C=O) groups excluding carboxylic acids is 2. The van der Waals surface area contributed by atoms with Gasteiger partial charge in [0, 0.05) is 44.4 Å². The first-order chi connectivity index (χ1) is 13.1. The second-order valence-electron chi connectivity index (χ2n) is 6.83. The van der Waals surface area contributed by atoms with E-state index in [0.29, 0.717) is 30.9 Å². The van der Waals surface area contributed by atoms with Crippen LogP contribution in [0.4, 0.5) is 4.79 Å². The highest BCUT2D eigenvalue weighted by Crippen LogP contribution is 2.38. The highest BCUT2D eigenvalue weighted by Gasteiger charge is 2.38. The zero-order chi connectivity index (χ0) is 19.3. The van der Waals surface area contributed by atoms with Gasteiger partial charge in [0.15, 0.2) is 5.78 Å². The predicted molar refractivity (Wildman–Crippen MR) is 101 cm³/mol. The first kappa shape index (κ1) is 19.0. The Balaban J connectivity index is 1.84. The minimum absolute atomic E-state index is 0.0558. The molecular formula is C20H24N4O3. The number of benzene rings is 1. The van der Waals surface area contributed by atoms with Crippen LogP contribution in [-0.4, -0.2) is 58.5 Å². The molecule has 7 heteroatoms. The largest absolute Gasteiger partial charge is 0.388 e. The summed E-state index contributed by atoms with van der Waals surface area (Å²) in [5.74, 6) is 0.264. The summed E-state index contributed by atoms with van der Waals surface area (Å²) in [5.41, 5.74) is 1.36. The molecule has 0 aliphatic carbocycles. The van der Waals surface area contributed by atoms with E-state index in [2.05, 4.69) is 27.4 Å². The molecule has 0 saturated carbocycles. The summed E-state index contributed by atoms with van der Waals surface area (Å²) in [6.45, 7) is 0.775. The van der Waals surface area contributed by atoms with E-state index in [1.165, 1.54) is 18.0 Å². The van der Waals surface area contributed by atoms with Crippen LogP contribution < -0.4 is 5.32 Å². The molecule has 0 unspecified atom stereocenters. The van der Waals surface area contributed by atoms with Gasteiger partial charge in [-0.3, -0.25) is 4.79 Å². The molecule has 0 atom stereocenters. The quantitative estimate of drug-likeness (QED) is 0.781. The molecule has 1 aliphatic rings.